The second-order valence-electron chi connectivity index (χ2n) is 4.85. The number of hydrogen-bond donors (Lipinski definition) is 0. The van der Waals surface area contributed by atoms with Gasteiger partial charge in [0.1, 0.15) is 0 Å². The average Bonchev–Trinajstić information content (AvgIpc) is 2.72. The van der Waals surface area contributed by atoms with Crippen LogP contribution in [0.3, 0.4) is 0 Å². The maximum Gasteiger partial charge on any atom is 0.0924 e. The van der Waals surface area contributed by atoms with Gasteiger partial charge in [-0.15, -0.1) is 0 Å². The molecule has 1 fully saturated rings. The molecular formula is C13H16BrN3. The lowest BCUT2D eigenvalue weighted by atomic mass is 10.1. The summed E-state index contributed by atoms with van der Waals surface area (Å²) in [7, 11) is 2.19. The van der Waals surface area contributed by atoms with Crippen LogP contribution in [0, 0.1) is 0 Å². The fourth-order valence-electron chi connectivity index (χ4n) is 2.46. The summed E-state index contributed by atoms with van der Waals surface area (Å²) in [4.78, 5) is 2.39. The van der Waals surface area contributed by atoms with Gasteiger partial charge in [0.25, 0.3) is 0 Å². The molecule has 17 heavy (non-hydrogen) atoms. The van der Waals surface area contributed by atoms with Crippen LogP contribution in [0.25, 0.3) is 10.9 Å². The minimum Gasteiger partial charge on any atom is -0.306 e. The van der Waals surface area contributed by atoms with Gasteiger partial charge in [-0.25, -0.2) is 0 Å². The molecule has 1 aliphatic rings. The topological polar surface area (TPSA) is 21.1 Å². The molecule has 2 aromatic rings. The quantitative estimate of drug-likeness (QED) is 0.806. The van der Waals surface area contributed by atoms with Crippen molar-refractivity contribution in [3.8, 4) is 0 Å². The lowest BCUT2D eigenvalue weighted by molar-refractivity contribution is 0.213. The highest BCUT2D eigenvalue weighted by Gasteiger charge is 2.19. The maximum atomic E-state index is 4.68. The van der Waals surface area contributed by atoms with Gasteiger partial charge >= 0.3 is 0 Å². The highest BCUT2D eigenvalue weighted by Crippen LogP contribution is 2.25. The van der Waals surface area contributed by atoms with Crippen LogP contribution in [-0.2, 0) is 0 Å². The maximum absolute atomic E-state index is 4.68. The highest BCUT2D eigenvalue weighted by atomic mass is 79.9. The van der Waals surface area contributed by atoms with E-state index in [1.165, 1.54) is 31.3 Å². The monoisotopic (exact) mass is 293 g/mol. The number of nitrogens with zero attached hydrogens (tertiary/aromatic N) is 3. The molecule has 2 heterocycles. The first kappa shape index (κ1) is 11.2. The summed E-state index contributed by atoms with van der Waals surface area (Å²) in [6.45, 7) is 2.34. The lowest BCUT2D eigenvalue weighted by Crippen LogP contribution is -2.31. The minimum atomic E-state index is 0.567. The molecule has 0 amide bonds. The first-order valence-electron chi connectivity index (χ1n) is 6.05. The van der Waals surface area contributed by atoms with Gasteiger partial charge < -0.3 is 4.90 Å². The van der Waals surface area contributed by atoms with E-state index >= 15 is 0 Å². The molecule has 1 aliphatic heterocycles. The van der Waals surface area contributed by atoms with Crippen LogP contribution in [0.4, 0.5) is 0 Å². The Bertz CT molecular complexity index is 526. The SMILES string of the molecule is CN1CCC(n2cc3cc(Br)ccc3n2)CC1. The summed E-state index contributed by atoms with van der Waals surface area (Å²) >= 11 is 3.50. The van der Waals surface area contributed by atoms with Crippen molar-refractivity contribution in [2.75, 3.05) is 20.1 Å². The largest absolute Gasteiger partial charge is 0.306 e. The van der Waals surface area contributed by atoms with E-state index in [4.69, 9.17) is 0 Å². The van der Waals surface area contributed by atoms with Crippen molar-refractivity contribution in [2.24, 2.45) is 0 Å². The van der Waals surface area contributed by atoms with E-state index in [9.17, 15) is 0 Å². The molecule has 0 saturated carbocycles. The van der Waals surface area contributed by atoms with Crippen molar-refractivity contribution < 1.29 is 0 Å². The molecule has 1 saturated heterocycles. The Labute approximate surface area is 110 Å². The second kappa shape index (κ2) is 4.42. The predicted octanol–water partition coefficient (Wildman–Crippen LogP) is 3.07. The number of fused-ring (bicyclic) bond motifs is 1. The summed E-state index contributed by atoms with van der Waals surface area (Å²) in [6, 6.07) is 6.82. The number of piperidine rings is 1. The molecule has 0 bridgehead atoms. The second-order valence-corrected chi connectivity index (χ2v) is 5.76. The Morgan fingerprint density at radius 2 is 2.06 bits per heavy atom. The van der Waals surface area contributed by atoms with Gasteiger partial charge in [0, 0.05) is 16.1 Å². The molecule has 3 rings (SSSR count). The van der Waals surface area contributed by atoms with E-state index in [1.807, 2.05) is 6.07 Å². The van der Waals surface area contributed by atoms with E-state index in [0.717, 1.165) is 9.99 Å². The Morgan fingerprint density at radius 3 is 2.82 bits per heavy atom. The van der Waals surface area contributed by atoms with E-state index < -0.39 is 0 Å². The van der Waals surface area contributed by atoms with Crippen LogP contribution in [0.1, 0.15) is 18.9 Å². The van der Waals surface area contributed by atoms with Crippen molar-refractivity contribution >= 4 is 26.8 Å². The third-order valence-corrected chi connectivity index (χ3v) is 4.04. The Balaban J connectivity index is 1.90. The van der Waals surface area contributed by atoms with E-state index in [1.54, 1.807) is 0 Å². The molecule has 0 N–H and O–H groups in total. The van der Waals surface area contributed by atoms with E-state index in [-0.39, 0.29) is 0 Å². The van der Waals surface area contributed by atoms with Crippen molar-refractivity contribution in [3.63, 3.8) is 0 Å². The molecule has 1 aromatic heterocycles. The lowest BCUT2D eigenvalue weighted by Gasteiger charge is -2.28. The highest BCUT2D eigenvalue weighted by molar-refractivity contribution is 9.10. The summed E-state index contributed by atoms with van der Waals surface area (Å²) < 4.78 is 3.28. The zero-order chi connectivity index (χ0) is 11.8. The van der Waals surface area contributed by atoms with Crippen LogP contribution >= 0.6 is 15.9 Å². The number of aromatic nitrogens is 2. The molecule has 90 valence electrons. The van der Waals surface area contributed by atoms with E-state index in [0.29, 0.717) is 6.04 Å². The standard InChI is InChI=1S/C13H16BrN3/c1-16-6-4-12(5-7-16)17-9-10-8-11(14)2-3-13(10)15-17/h2-3,8-9,12H,4-7H2,1H3. The smallest absolute Gasteiger partial charge is 0.0924 e. The normalized spacial score (nSPS) is 18.9. The molecular weight excluding hydrogens is 278 g/mol. The molecule has 1 aromatic carbocycles. The average molecular weight is 294 g/mol. The number of hydrogen-bond acceptors (Lipinski definition) is 2. The van der Waals surface area contributed by atoms with Crippen molar-refractivity contribution in [1.29, 1.82) is 0 Å². The van der Waals surface area contributed by atoms with Crippen molar-refractivity contribution in [3.05, 3.63) is 28.9 Å². The van der Waals surface area contributed by atoms with Crippen molar-refractivity contribution in [2.45, 2.75) is 18.9 Å². The Hall–Kier alpha value is -0.870. The van der Waals surface area contributed by atoms with Crippen LogP contribution in [0.2, 0.25) is 0 Å². The van der Waals surface area contributed by atoms with Crippen LogP contribution in [-0.4, -0.2) is 34.8 Å². The molecule has 4 heteroatoms. The molecule has 0 unspecified atom stereocenters. The summed E-state index contributed by atoms with van der Waals surface area (Å²) in [5.41, 5.74) is 1.09. The fourth-order valence-corrected chi connectivity index (χ4v) is 2.84. The molecule has 0 atom stereocenters. The van der Waals surface area contributed by atoms with Gasteiger partial charge in [-0.1, -0.05) is 15.9 Å². The zero-order valence-electron chi connectivity index (χ0n) is 9.93. The summed E-state index contributed by atoms with van der Waals surface area (Å²) in [6.07, 6.45) is 4.58. The number of halogens is 1. The Morgan fingerprint density at radius 1 is 1.29 bits per heavy atom. The van der Waals surface area contributed by atoms with Gasteiger partial charge in [0.05, 0.1) is 11.6 Å². The van der Waals surface area contributed by atoms with Crippen LogP contribution < -0.4 is 0 Å². The zero-order valence-corrected chi connectivity index (χ0v) is 11.5. The van der Waals surface area contributed by atoms with Crippen LogP contribution in [0.15, 0.2) is 28.9 Å². The predicted molar refractivity (Wildman–Crippen MR) is 73.2 cm³/mol. The van der Waals surface area contributed by atoms with Gasteiger partial charge in [-0.05, 0) is 51.2 Å². The summed E-state index contributed by atoms with van der Waals surface area (Å²) in [5.74, 6) is 0. The van der Waals surface area contributed by atoms with Gasteiger partial charge in [-0.2, -0.15) is 5.10 Å². The number of benzene rings is 1. The van der Waals surface area contributed by atoms with Crippen LogP contribution in [0.5, 0.6) is 0 Å². The third-order valence-electron chi connectivity index (χ3n) is 3.55. The van der Waals surface area contributed by atoms with E-state index in [2.05, 4.69) is 56.0 Å². The van der Waals surface area contributed by atoms with Crippen molar-refractivity contribution in [1.82, 2.24) is 14.7 Å². The molecule has 0 radical (unpaired) electrons. The third kappa shape index (κ3) is 2.24. The molecule has 0 aliphatic carbocycles. The summed E-state index contributed by atoms with van der Waals surface area (Å²) in [5, 5.41) is 5.90. The first-order chi connectivity index (χ1) is 8.22. The number of likely N-dealkylation sites (tertiary alicyclic amines) is 1. The Kier molecular flexibility index (Phi) is 2.92. The first-order valence-corrected chi connectivity index (χ1v) is 6.84. The van der Waals surface area contributed by atoms with Gasteiger partial charge in [0.15, 0.2) is 0 Å². The van der Waals surface area contributed by atoms with Gasteiger partial charge in [0.2, 0.25) is 0 Å². The number of rotatable bonds is 1. The molecule has 3 nitrogen and oxygen atoms in total. The molecule has 0 spiro atoms. The van der Waals surface area contributed by atoms with Gasteiger partial charge in [-0.3, -0.25) is 4.68 Å². The minimum absolute atomic E-state index is 0.567. The fraction of sp³-hybridized carbons (Fsp3) is 0.462.